The van der Waals surface area contributed by atoms with E-state index in [0.29, 0.717) is 0 Å². The fourth-order valence-electron chi connectivity index (χ4n) is 1.86. The van der Waals surface area contributed by atoms with Crippen LogP contribution in [0.2, 0.25) is 0 Å². The number of rotatable bonds is 7. The van der Waals surface area contributed by atoms with Crippen LogP contribution < -0.4 is 16.4 Å². The molecule has 0 bridgehead atoms. The molecule has 2 atom stereocenters. The van der Waals surface area contributed by atoms with Crippen LogP contribution in [0.15, 0.2) is 24.3 Å². The van der Waals surface area contributed by atoms with E-state index in [2.05, 4.69) is 15.4 Å². The zero-order valence-electron chi connectivity index (χ0n) is 13.2. The highest BCUT2D eigenvalue weighted by Crippen LogP contribution is 2.15. The maximum Gasteiger partial charge on any atom is 0.328 e. The average Bonchev–Trinajstić information content (AvgIpc) is 2.53. The van der Waals surface area contributed by atoms with Gasteiger partial charge in [-0.2, -0.15) is 0 Å². The van der Waals surface area contributed by atoms with Crippen molar-refractivity contribution < 1.29 is 29.0 Å². The molecule has 0 spiro atoms. The molecular formula is C15H19N3O6. The fraction of sp³-hybridized carbons (Fsp3) is 0.333. The number of carbonyl (C=O) groups excluding carboxylic acids is 4. The number of methoxy groups -OCH3 is 1. The van der Waals surface area contributed by atoms with E-state index < -0.39 is 42.2 Å². The van der Waals surface area contributed by atoms with E-state index in [1.165, 1.54) is 31.2 Å². The van der Waals surface area contributed by atoms with E-state index in [-0.39, 0.29) is 11.3 Å². The molecule has 0 aliphatic heterocycles. The van der Waals surface area contributed by atoms with Gasteiger partial charge in [-0.05, 0) is 19.1 Å². The average molecular weight is 337 g/mol. The molecule has 1 rings (SSSR count). The topological polar surface area (TPSA) is 148 Å². The van der Waals surface area contributed by atoms with Gasteiger partial charge in [0.05, 0.1) is 19.1 Å². The van der Waals surface area contributed by atoms with Crippen molar-refractivity contribution in [2.24, 2.45) is 5.73 Å². The minimum absolute atomic E-state index is 0.0687. The molecule has 0 aromatic heterocycles. The van der Waals surface area contributed by atoms with Gasteiger partial charge < -0.3 is 26.2 Å². The summed E-state index contributed by atoms with van der Waals surface area (Å²) >= 11 is 0. The summed E-state index contributed by atoms with van der Waals surface area (Å²) in [5, 5.41) is 14.3. The molecule has 2 unspecified atom stereocenters. The van der Waals surface area contributed by atoms with E-state index in [1.54, 1.807) is 0 Å². The van der Waals surface area contributed by atoms with Crippen molar-refractivity contribution in [2.75, 3.05) is 7.11 Å². The van der Waals surface area contributed by atoms with Crippen molar-refractivity contribution in [3.05, 3.63) is 29.8 Å². The van der Waals surface area contributed by atoms with Crippen molar-refractivity contribution in [2.45, 2.75) is 25.4 Å². The lowest BCUT2D eigenvalue weighted by Crippen LogP contribution is -2.52. The van der Waals surface area contributed by atoms with Gasteiger partial charge in [0, 0.05) is 0 Å². The third-order valence-electron chi connectivity index (χ3n) is 3.09. The summed E-state index contributed by atoms with van der Waals surface area (Å²) in [5.74, 6) is -3.33. The predicted molar refractivity (Wildman–Crippen MR) is 82.8 cm³/mol. The van der Waals surface area contributed by atoms with Gasteiger partial charge in [0.25, 0.3) is 5.91 Å². The fourth-order valence-corrected chi connectivity index (χ4v) is 1.86. The Balaban J connectivity index is 2.87. The first-order valence-electron chi connectivity index (χ1n) is 7.01. The zero-order valence-corrected chi connectivity index (χ0v) is 13.2. The number of phenolic OH excluding ortho intramolecular Hbond substituents is 1. The van der Waals surface area contributed by atoms with E-state index in [9.17, 15) is 24.3 Å². The number of para-hydroxylation sites is 1. The van der Waals surface area contributed by atoms with E-state index in [4.69, 9.17) is 5.73 Å². The molecule has 24 heavy (non-hydrogen) atoms. The van der Waals surface area contributed by atoms with Crippen molar-refractivity contribution in [3.8, 4) is 5.75 Å². The summed E-state index contributed by atoms with van der Waals surface area (Å²) in [4.78, 5) is 46.8. The van der Waals surface area contributed by atoms with Crippen molar-refractivity contribution in [3.63, 3.8) is 0 Å². The largest absolute Gasteiger partial charge is 0.507 e. The highest BCUT2D eigenvalue weighted by molar-refractivity contribution is 6.01. The number of benzene rings is 1. The van der Waals surface area contributed by atoms with Crippen LogP contribution in [0.1, 0.15) is 23.7 Å². The number of aromatic hydroxyl groups is 1. The summed E-state index contributed by atoms with van der Waals surface area (Å²) in [6.07, 6.45) is -0.473. The number of hydrogen-bond acceptors (Lipinski definition) is 6. The number of phenols is 1. The molecule has 3 amide bonds. The molecule has 0 heterocycles. The second-order valence-electron chi connectivity index (χ2n) is 4.97. The Hall–Kier alpha value is -3.10. The van der Waals surface area contributed by atoms with Crippen LogP contribution in [0.25, 0.3) is 0 Å². The Morgan fingerprint density at radius 2 is 1.83 bits per heavy atom. The van der Waals surface area contributed by atoms with Gasteiger partial charge in [0.15, 0.2) is 0 Å². The molecule has 9 heteroatoms. The Morgan fingerprint density at radius 3 is 2.38 bits per heavy atom. The summed E-state index contributed by atoms with van der Waals surface area (Å²) in [6.45, 7) is 1.38. The monoisotopic (exact) mass is 337 g/mol. The highest BCUT2D eigenvalue weighted by atomic mass is 16.5. The van der Waals surface area contributed by atoms with Gasteiger partial charge in [0.2, 0.25) is 11.8 Å². The highest BCUT2D eigenvalue weighted by Gasteiger charge is 2.27. The van der Waals surface area contributed by atoms with Crippen LogP contribution in [0.4, 0.5) is 0 Å². The molecule has 0 saturated heterocycles. The molecule has 5 N–H and O–H groups in total. The number of hydrogen-bond donors (Lipinski definition) is 4. The maximum atomic E-state index is 12.2. The Morgan fingerprint density at radius 1 is 1.21 bits per heavy atom. The van der Waals surface area contributed by atoms with Gasteiger partial charge in [-0.15, -0.1) is 0 Å². The second-order valence-corrected chi connectivity index (χ2v) is 4.97. The lowest BCUT2D eigenvalue weighted by Gasteiger charge is -2.19. The molecule has 1 aromatic rings. The van der Waals surface area contributed by atoms with Crippen LogP contribution in [-0.4, -0.2) is 48.0 Å². The standard InChI is InChI=1S/C15H19N3O6/c1-8(15(23)24-2)17-14(22)10(7-12(16)20)18-13(21)9-5-3-4-6-11(9)19/h3-6,8,10,19H,7H2,1-2H3,(H2,16,20)(H,17,22)(H,18,21). The van der Waals surface area contributed by atoms with Crippen molar-refractivity contribution in [1.82, 2.24) is 10.6 Å². The molecule has 1 aromatic carbocycles. The van der Waals surface area contributed by atoms with Crippen molar-refractivity contribution in [1.29, 1.82) is 0 Å². The number of nitrogens with two attached hydrogens (primary N) is 1. The first-order chi connectivity index (χ1) is 11.3. The first kappa shape index (κ1) is 18.9. The van der Waals surface area contributed by atoms with E-state index in [0.717, 1.165) is 7.11 Å². The van der Waals surface area contributed by atoms with E-state index in [1.807, 2.05) is 0 Å². The molecule has 130 valence electrons. The lowest BCUT2D eigenvalue weighted by molar-refractivity contribution is -0.144. The van der Waals surface area contributed by atoms with E-state index >= 15 is 0 Å². The number of primary amides is 1. The van der Waals surface area contributed by atoms with Gasteiger partial charge in [-0.3, -0.25) is 14.4 Å². The van der Waals surface area contributed by atoms with Crippen LogP contribution in [0.3, 0.4) is 0 Å². The van der Waals surface area contributed by atoms with Gasteiger partial charge in [0.1, 0.15) is 17.8 Å². The van der Waals surface area contributed by atoms with Crippen LogP contribution in [0, 0.1) is 0 Å². The predicted octanol–water partition coefficient (Wildman–Crippen LogP) is -0.956. The normalized spacial score (nSPS) is 12.6. The van der Waals surface area contributed by atoms with Crippen molar-refractivity contribution >= 4 is 23.7 Å². The Bertz CT molecular complexity index is 646. The third kappa shape index (κ3) is 5.27. The van der Waals surface area contributed by atoms with Gasteiger partial charge in [-0.1, -0.05) is 12.1 Å². The summed E-state index contributed by atoms with van der Waals surface area (Å²) in [7, 11) is 1.16. The number of esters is 1. The molecule has 0 radical (unpaired) electrons. The SMILES string of the molecule is COC(=O)C(C)NC(=O)C(CC(N)=O)NC(=O)c1ccccc1O. The smallest absolute Gasteiger partial charge is 0.328 e. The minimum atomic E-state index is -1.30. The quantitative estimate of drug-likeness (QED) is 0.471. The number of carbonyl (C=O) groups is 4. The maximum absolute atomic E-state index is 12.2. The summed E-state index contributed by atoms with van der Waals surface area (Å²) in [6, 6.07) is 3.43. The molecular weight excluding hydrogens is 318 g/mol. The summed E-state index contributed by atoms with van der Waals surface area (Å²) < 4.78 is 4.47. The third-order valence-corrected chi connectivity index (χ3v) is 3.09. The zero-order chi connectivity index (χ0) is 18.3. The Kier molecular flexibility index (Phi) is 6.72. The first-order valence-corrected chi connectivity index (χ1v) is 7.01. The Labute approximate surface area is 138 Å². The number of nitrogens with one attached hydrogen (secondary N) is 2. The number of ether oxygens (including phenoxy) is 1. The van der Waals surface area contributed by atoms with Crippen LogP contribution >= 0.6 is 0 Å². The molecule has 0 aliphatic carbocycles. The molecule has 0 aliphatic rings. The lowest BCUT2D eigenvalue weighted by atomic mass is 10.1. The van der Waals surface area contributed by atoms with Crippen LogP contribution in [-0.2, 0) is 19.1 Å². The molecule has 9 nitrogen and oxygen atoms in total. The van der Waals surface area contributed by atoms with Gasteiger partial charge >= 0.3 is 5.97 Å². The number of amides is 3. The molecule has 0 saturated carbocycles. The minimum Gasteiger partial charge on any atom is -0.507 e. The molecule has 0 fully saturated rings. The van der Waals surface area contributed by atoms with Crippen LogP contribution in [0.5, 0.6) is 5.75 Å². The summed E-state index contributed by atoms with van der Waals surface area (Å²) in [5.41, 5.74) is 5.01. The van der Waals surface area contributed by atoms with Gasteiger partial charge in [-0.25, -0.2) is 4.79 Å². The second kappa shape index (κ2) is 8.51.